The van der Waals surface area contributed by atoms with Crippen molar-refractivity contribution in [2.45, 2.75) is 39.5 Å². The average Bonchev–Trinajstić information content (AvgIpc) is 3.19. The number of methoxy groups -OCH3 is 1. The first-order chi connectivity index (χ1) is 17.0. The van der Waals surface area contributed by atoms with Crippen molar-refractivity contribution >= 4 is 44.9 Å². The van der Waals surface area contributed by atoms with Gasteiger partial charge in [0.2, 0.25) is 0 Å². The SMILES string of the molecule is COc1ccc2c(c1)CCCN2C(=O)COC(=O)C1CCN(c2ncnc3sc(C)c(C)c23)CC1. The number of ether oxygens (including phenoxy) is 2. The van der Waals surface area contributed by atoms with Crippen molar-refractivity contribution in [1.29, 1.82) is 0 Å². The van der Waals surface area contributed by atoms with Crippen LogP contribution in [-0.2, 0) is 20.7 Å². The molecule has 4 heterocycles. The van der Waals surface area contributed by atoms with E-state index in [-0.39, 0.29) is 24.4 Å². The van der Waals surface area contributed by atoms with Crippen LogP contribution in [0.4, 0.5) is 11.5 Å². The number of fused-ring (bicyclic) bond motifs is 2. The van der Waals surface area contributed by atoms with Crippen LogP contribution < -0.4 is 14.5 Å². The molecule has 35 heavy (non-hydrogen) atoms. The fourth-order valence-corrected chi connectivity index (χ4v) is 6.01. The second-order valence-corrected chi connectivity index (χ2v) is 10.4. The van der Waals surface area contributed by atoms with Gasteiger partial charge in [0, 0.05) is 30.2 Å². The minimum Gasteiger partial charge on any atom is -0.497 e. The smallest absolute Gasteiger partial charge is 0.309 e. The molecule has 184 valence electrons. The van der Waals surface area contributed by atoms with E-state index < -0.39 is 0 Å². The zero-order valence-corrected chi connectivity index (χ0v) is 21.2. The highest BCUT2D eigenvalue weighted by molar-refractivity contribution is 7.18. The van der Waals surface area contributed by atoms with Crippen molar-refractivity contribution < 1.29 is 19.1 Å². The molecule has 9 heteroatoms. The highest BCUT2D eigenvalue weighted by Gasteiger charge is 2.30. The van der Waals surface area contributed by atoms with Crippen LogP contribution in [0.5, 0.6) is 5.75 Å². The van der Waals surface area contributed by atoms with Gasteiger partial charge in [-0.15, -0.1) is 11.3 Å². The summed E-state index contributed by atoms with van der Waals surface area (Å²) in [5.41, 5.74) is 3.18. The van der Waals surface area contributed by atoms with Crippen molar-refractivity contribution in [3.63, 3.8) is 0 Å². The van der Waals surface area contributed by atoms with Crippen molar-refractivity contribution in [1.82, 2.24) is 9.97 Å². The second-order valence-electron chi connectivity index (χ2n) is 9.17. The van der Waals surface area contributed by atoms with E-state index in [1.165, 1.54) is 10.4 Å². The minimum absolute atomic E-state index is 0.186. The molecule has 0 saturated carbocycles. The number of esters is 1. The number of amides is 1. The number of aryl methyl sites for hydroxylation is 3. The molecule has 0 aliphatic carbocycles. The normalized spacial score (nSPS) is 16.3. The zero-order valence-electron chi connectivity index (χ0n) is 20.4. The molecule has 0 radical (unpaired) electrons. The molecule has 1 amide bonds. The number of anilines is 2. The number of benzene rings is 1. The number of rotatable bonds is 5. The van der Waals surface area contributed by atoms with Gasteiger partial charge in [-0.1, -0.05) is 0 Å². The summed E-state index contributed by atoms with van der Waals surface area (Å²) >= 11 is 1.69. The first kappa shape index (κ1) is 23.5. The van der Waals surface area contributed by atoms with Crippen molar-refractivity contribution in [3.8, 4) is 5.75 Å². The maximum absolute atomic E-state index is 12.9. The Morgan fingerprint density at radius 2 is 1.94 bits per heavy atom. The van der Waals surface area contributed by atoms with Gasteiger partial charge in [-0.05, 0) is 68.9 Å². The molecule has 0 atom stereocenters. The van der Waals surface area contributed by atoms with Gasteiger partial charge in [-0.25, -0.2) is 9.97 Å². The number of hydrogen-bond acceptors (Lipinski definition) is 8. The maximum atomic E-state index is 12.9. The lowest BCUT2D eigenvalue weighted by Gasteiger charge is -2.32. The molecule has 2 aliphatic rings. The summed E-state index contributed by atoms with van der Waals surface area (Å²) in [6.07, 6.45) is 4.74. The first-order valence-corrected chi connectivity index (χ1v) is 12.9. The van der Waals surface area contributed by atoms with E-state index in [4.69, 9.17) is 9.47 Å². The molecule has 0 bridgehead atoms. The Labute approximate surface area is 208 Å². The fourth-order valence-electron chi connectivity index (χ4n) is 5.02. The first-order valence-electron chi connectivity index (χ1n) is 12.1. The maximum Gasteiger partial charge on any atom is 0.309 e. The van der Waals surface area contributed by atoms with Crippen LogP contribution in [0.2, 0.25) is 0 Å². The Kier molecular flexibility index (Phi) is 6.60. The van der Waals surface area contributed by atoms with Crippen molar-refractivity contribution in [2.75, 3.05) is 43.2 Å². The van der Waals surface area contributed by atoms with Gasteiger partial charge < -0.3 is 19.3 Å². The predicted octanol–water partition coefficient (Wildman–Crippen LogP) is 4.06. The third kappa shape index (κ3) is 4.57. The molecule has 2 aromatic heterocycles. The van der Waals surface area contributed by atoms with Crippen LogP contribution in [0.3, 0.4) is 0 Å². The number of hydrogen-bond donors (Lipinski definition) is 0. The highest BCUT2D eigenvalue weighted by Crippen LogP contribution is 2.36. The van der Waals surface area contributed by atoms with Gasteiger partial charge in [0.05, 0.1) is 18.4 Å². The standard InChI is InChI=1S/C26H30N4O4S/c1-16-17(2)35-25-23(16)24(27-15-28-25)29-11-8-18(9-12-29)26(32)34-14-22(31)30-10-4-5-19-13-20(33-3)6-7-21(19)30/h6-7,13,15,18H,4-5,8-12,14H2,1-3H3. The number of nitrogens with zero attached hydrogens (tertiary/aromatic N) is 4. The average molecular weight is 495 g/mol. The summed E-state index contributed by atoms with van der Waals surface area (Å²) in [4.78, 5) is 40.9. The predicted molar refractivity (Wildman–Crippen MR) is 136 cm³/mol. The topological polar surface area (TPSA) is 84.9 Å². The Morgan fingerprint density at radius 1 is 1.14 bits per heavy atom. The van der Waals surface area contributed by atoms with Gasteiger partial charge in [0.15, 0.2) is 6.61 Å². The fraction of sp³-hybridized carbons (Fsp3) is 0.462. The number of carbonyl (C=O) groups excluding carboxylic acids is 2. The van der Waals surface area contributed by atoms with E-state index in [0.717, 1.165) is 59.0 Å². The van der Waals surface area contributed by atoms with Gasteiger partial charge in [0.25, 0.3) is 5.91 Å². The number of piperidine rings is 1. The lowest BCUT2D eigenvalue weighted by atomic mass is 9.96. The third-order valence-electron chi connectivity index (χ3n) is 7.12. The summed E-state index contributed by atoms with van der Waals surface area (Å²) in [5.74, 6) is 1.04. The van der Waals surface area contributed by atoms with Gasteiger partial charge in [-0.3, -0.25) is 9.59 Å². The van der Waals surface area contributed by atoms with E-state index in [0.29, 0.717) is 19.4 Å². The Bertz CT molecular complexity index is 1270. The largest absolute Gasteiger partial charge is 0.497 e. The quantitative estimate of drug-likeness (QED) is 0.495. The molecule has 0 N–H and O–H groups in total. The minimum atomic E-state index is -0.291. The molecule has 0 spiro atoms. The van der Waals surface area contributed by atoms with E-state index in [1.54, 1.807) is 29.7 Å². The summed E-state index contributed by atoms with van der Waals surface area (Å²) < 4.78 is 10.8. The summed E-state index contributed by atoms with van der Waals surface area (Å²) in [5, 5.41) is 1.11. The van der Waals surface area contributed by atoms with Gasteiger partial charge >= 0.3 is 5.97 Å². The second kappa shape index (κ2) is 9.81. The Hall–Kier alpha value is -3.20. The van der Waals surface area contributed by atoms with Crippen molar-refractivity contribution in [2.24, 2.45) is 5.92 Å². The molecular formula is C26H30N4O4S. The molecular weight excluding hydrogens is 464 g/mol. The van der Waals surface area contributed by atoms with E-state index >= 15 is 0 Å². The Balaban J connectivity index is 1.18. The van der Waals surface area contributed by atoms with Crippen LogP contribution in [0, 0.1) is 19.8 Å². The Morgan fingerprint density at radius 3 is 2.71 bits per heavy atom. The van der Waals surface area contributed by atoms with Crippen LogP contribution in [0.15, 0.2) is 24.5 Å². The molecule has 3 aromatic rings. The van der Waals surface area contributed by atoms with Crippen LogP contribution in [0.25, 0.3) is 10.2 Å². The summed E-state index contributed by atoms with van der Waals surface area (Å²) in [7, 11) is 1.63. The third-order valence-corrected chi connectivity index (χ3v) is 8.23. The molecule has 1 saturated heterocycles. The van der Waals surface area contributed by atoms with Crippen LogP contribution in [0.1, 0.15) is 35.3 Å². The number of thiophene rings is 1. The van der Waals surface area contributed by atoms with Crippen LogP contribution >= 0.6 is 11.3 Å². The van der Waals surface area contributed by atoms with Gasteiger partial charge in [-0.2, -0.15) is 0 Å². The number of carbonyl (C=O) groups is 2. The zero-order chi connectivity index (χ0) is 24.5. The molecule has 1 fully saturated rings. The molecule has 8 nitrogen and oxygen atoms in total. The summed E-state index contributed by atoms with van der Waals surface area (Å²) in [6.45, 7) is 6.05. The summed E-state index contributed by atoms with van der Waals surface area (Å²) in [6, 6.07) is 5.73. The van der Waals surface area contributed by atoms with E-state index in [2.05, 4.69) is 28.7 Å². The molecule has 5 rings (SSSR count). The molecule has 1 aromatic carbocycles. The van der Waals surface area contributed by atoms with E-state index in [1.807, 2.05) is 18.2 Å². The van der Waals surface area contributed by atoms with E-state index in [9.17, 15) is 9.59 Å². The lowest BCUT2D eigenvalue weighted by molar-refractivity contribution is -0.152. The van der Waals surface area contributed by atoms with Gasteiger partial charge in [0.1, 0.15) is 22.7 Å². The molecule has 2 aliphatic heterocycles. The highest BCUT2D eigenvalue weighted by atomic mass is 32.1. The van der Waals surface area contributed by atoms with Crippen molar-refractivity contribution in [3.05, 3.63) is 40.5 Å². The number of aromatic nitrogens is 2. The molecule has 0 unspecified atom stereocenters. The monoisotopic (exact) mass is 494 g/mol. The lowest BCUT2D eigenvalue weighted by Crippen LogP contribution is -2.40. The van der Waals surface area contributed by atoms with Crippen LogP contribution in [-0.4, -0.2) is 55.2 Å².